The van der Waals surface area contributed by atoms with E-state index in [0.717, 1.165) is 34.1 Å². The molecule has 102 valence electrons. The van der Waals surface area contributed by atoms with Gasteiger partial charge in [0.1, 0.15) is 0 Å². The van der Waals surface area contributed by atoms with Crippen LogP contribution in [0.5, 0.6) is 0 Å². The van der Waals surface area contributed by atoms with E-state index in [-0.39, 0.29) is 6.04 Å². The molecule has 0 aliphatic heterocycles. The first kappa shape index (κ1) is 14.5. The highest BCUT2D eigenvalue weighted by molar-refractivity contribution is 7.11. The molecular formula is C14H18ClN3S. The summed E-state index contributed by atoms with van der Waals surface area (Å²) in [5.41, 5.74) is 5.08. The maximum atomic E-state index is 6.18. The zero-order valence-corrected chi connectivity index (χ0v) is 12.7. The molecule has 1 heterocycles. The first-order chi connectivity index (χ1) is 9.10. The fourth-order valence-corrected chi connectivity index (χ4v) is 3.18. The Kier molecular flexibility index (Phi) is 4.93. The van der Waals surface area contributed by atoms with E-state index in [1.165, 1.54) is 4.88 Å². The molecule has 19 heavy (non-hydrogen) atoms. The Morgan fingerprint density at radius 3 is 2.63 bits per heavy atom. The van der Waals surface area contributed by atoms with Crippen molar-refractivity contribution < 1.29 is 0 Å². The van der Waals surface area contributed by atoms with Gasteiger partial charge in [-0.1, -0.05) is 29.8 Å². The second-order valence-corrected chi connectivity index (χ2v) is 6.31. The second-order valence-electron chi connectivity index (χ2n) is 4.61. The molecule has 0 spiro atoms. The lowest BCUT2D eigenvalue weighted by molar-refractivity contribution is 0.521. The van der Waals surface area contributed by atoms with Crippen molar-refractivity contribution in [2.24, 2.45) is 5.84 Å². The minimum atomic E-state index is 0.143. The van der Waals surface area contributed by atoms with Gasteiger partial charge >= 0.3 is 0 Å². The molecule has 3 nitrogen and oxygen atoms in total. The van der Waals surface area contributed by atoms with Gasteiger partial charge in [-0.3, -0.25) is 11.3 Å². The maximum Gasteiger partial charge on any atom is 0.0947 e. The van der Waals surface area contributed by atoms with Gasteiger partial charge in [0.15, 0.2) is 0 Å². The third kappa shape index (κ3) is 3.76. The molecular weight excluding hydrogens is 278 g/mol. The van der Waals surface area contributed by atoms with E-state index in [1.54, 1.807) is 11.3 Å². The van der Waals surface area contributed by atoms with E-state index in [1.807, 2.05) is 31.2 Å². The van der Waals surface area contributed by atoms with E-state index in [2.05, 4.69) is 17.3 Å². The molecule has 0 bridgehead atoms. The molecule has 0 amide bonds. The predicted molar refractivity (Wildman–Crippen MR) is 81.6 cm³/mol. The van der Waals surface area contributed by atoms with Gasteiger partial charge in [0.05, 0.1) is 10.7 Å². The predicted octanol–water partition coefficient (Wildman–Crippen LogP) is 3.03. The maximum absolute atomic E-state index is 6.18. The van der Waals surface area contributed by atoms with Crippen molar-refractivity contribution in [1.82, 2.24) is 10.4 Å². The van der Waals surface area contributed by atoms with Crippen molar-refractivity contribution in [3.63, 3.8) is 0 Å². The van der Waals surface area contributed by atoms with Crippen LogP contribution in [0.15, 0.2) is 24.3 Å². The summed E-state index contributed by atoms with van der Waals surface area (Å²) in [6.45, 7) is 4.13. The van der Waals surface area contributed by atoms with Crippen LogP contribution >= 0.6 is 22.9 Å². The Labute approximate surface area is 122 Å². The van der Waals surface area contributed by atoms with Crippen molar-refractivity contribution in [3.05, 3.63) is 50.4 Å². The highest BCUT2D eigenvalue weighted by Gasteiger charge is 2.13. The molecule has 1 unspecified atom stereocenters. The lowest BCUT2D eigenvalue weighted by atomic mass is 10.0. The lowest BCUT2D eigenvalue weighted by Crippen LogP contribution is -2.38. The average molecular weight is 296 g/mol. The van der Waals surface area contributed by atoms with Crippen LogP contribution in [0, 0.1) is 13.8 Å². The van der Waals surface area contributed by atoms with Gasteiger partial charge in [-0.05, 0) is 31.9 Å². The SMILES string of the molecule is Cc1nc(CC(Cc2ccccc2Cl)NN)sc1C. The Balaban J connectivity index is 2.07. The number of nitrogens with one attached hydrogen (secondary N) is 1. The second kappa shape index (κ2) is 6.48. The van der Waals surface area contributed by atoms with Crippen molar-refractivity contribution in [3.8, 4) is 0 Å². The summed E-state index contributed by atoms with van der Waals surface area (Å²) >= 11 is 7.91. The lowest BCUT2D eigenvalue weighted by Gasteiger charge is -2.15. The minimum Gasteiger partial charge on any atom is -0.271 e. The Hall–Kier alpha value is -0.940. The van der Waals surface area contributed by atoms with Crippen LogP contribution in [0.2, 0.25) is 5.02 Å². The van der Waals surface area contributed by atoms with E-state index < -0.39 is 0 Å². The van der Waals surface area contributed by atoms with Crippen molar-refractivity contribution in [2.75, 3.05) is 0 Å². The third-order valence-corrected chi connectivity index (χ3v) is 4.62. The highest BCUT2D eigenvalue weighted by Crippen LogP contribution is 2.21. The smallest absolute Gasteiger partial charge is 0.0947 e. The molecule has 1 aromatic carbocycles. The highest BCUT2D eigenvalue weighted by atomic mass is 35.5. The Morgan fingerprint density at radius 2 is 2.05 bits per heavy atom. The van der Waals surface area contributed by atoms with Crippen LogP contribution in [-0.2, 0) is 12.8 Å². The molecule has 0 saturated carbocycles. The number of hydrogen-bond acceptors (Lipinski definition) is 4. The van der Waals surface area contributed by atoms with Gasteiger partial charge in [-0.15, -0.1) is 11.3 Å². The number of hydrazine groups is 1. The van der Waals surface area contributed by atoms with E-state index in [0.29, 0.717) is 0 Å². The van der Waals surface area contributed by atoms with Crippen LogP contribution in [0.25, 0.3) is 0 Å². The minimum absolute atomic E-state index is 0.143. The first-order valence-electron chi connectivity index (χ1n) is 6.22. The molecule has 0 saturated heterocycles. The molecule has 2 rings (SSSR count). The molecule has 5 heteroatoms. The number of halogens is 1. The van der Waals surface area contributed by atoms with Crippen molar-refractivity contribution in [2.45, 2.75) is 32.7 Å². The molecule has 0 aliphatic carbocycles. The fraction of sp³-hybridized carbons (Fsp3) is 0.357. The Bertz CT molecular complexity index is 534. The molecule has 0 fully saturated rings. The largest absolute Gasteiger partial charge is 0.271 e. The van der Waals surface area contributed by atoms with Crippen LogP contribution in [-0.4, -0.2) is 11.0 Å². The summed E-state index contributed by atoms with van der Waals surface area (Å²) < 4.78 is 0. The van der Waals surface area contributed by atoms with Gasteiger partial charge in [-0.25, -0.2) is 4.98 Å². The van der Waals surface area contributed by atoms with E-state index >= 15 is 0 Å². The van der Waals surface area contributed by atoms with Crippen LogP contribution in [0.3, 0.4) is 0 Å². The van der Waals surface area contributed by atoms with Gasteiger partial charge < -0.3 is 0 Å². The van der Waals surface area contributed by atoms with Gasteiger partial charge in [0, 0.05) is 22.4 Å². The molecule has 0 aliphatic rings. The molecule has 3 N–H and O–H groups in total. The molecule has 1 atom stereocenters. The summed E-state index contributed by atoms with van der Waals surface area (Å²) in [5.74, 6) is 5.65. The normalized spacial score (nSPS) is 12.6. The van der Waals surface area contributed by atoms with Gasteiger partial charge in [0.2, 0.25) is 0 Å². The van der Waals surface area contributed by atoms with Crippen molar-refractivity contribution >= 4 is 22.9 Å². The average Bonchev–Trinajstić information content (AvgIpc) is 2.70. The monoisotopic (exact) mass is 295 g/mol. The zero-order chi connectivity index (χ0) is 13.8. The summed E-state index contributed by atoms with van der Waals surface area (Å²) in [6, 6.07) is 8.01. The van der Waals surface area contributed by atoms with Crippen LogP contribution in [0.4, 0.5) is 0 Å². The van der Waals surface area contributed by atoms with Crippen LogP contribution in [0.1, 0.15) is 21.1 Å². The zero-order valence-electron chi connectivity index (χ0n) is 11.1. The number of rotatable bonds is 5. The Morgan fingerprint density at radius 1 is 1.32 bits per heavy atom. The first-order valence-corrected chi connectivity index (χ1v) is 7.42. The molecule has 1 aromatic heterocycles. The van der Waals surface area contributed by atoms with E-state index in [9.17, 15) is 0 Å². The third-order valence-electron chi connectivity index (χ3n) is 3.15. The number of aryl methyl sites for hydroxylation is 2. The summed E-state index contributed by atoms with van der Waals surface area (Å²) in [7, 11) is 0. The number of nitrogens with two attached hydrogens (primary N) is 1. The number of nitrogens with zero attached hydrogens (tertiary/aromatic N) is 1. The van der Waals surface area contributed by atoms with Gasteiger partial charge in [0.25, 0.3) is 0 Å². The summed E-state index contributed by atoms with van der Waals surface area (Å²) in [6.07, 6.45) is 1.62. The standard InChI is InChI=1S/C14H18ClN3S/c1-9-10(2)19-14(17-9)8-12(18-16)7-11-5-3-4-6-13(11)15/h3-6,12,18H,7-8,16H2,1-2H3. The fourth-order valence-electron chi connectivity index (χ4n) is 1.96. The number of thiazole rings is 1. The van der Waals surface area contributed by atoms with Crippen LogP contribution < -0.4 is 11.3 Å². The number of aromatic nitrogens is 1. The van der Waals surface area contributed by atoms with Crippen molar-refractivity contribution in [1.29, 1.82) is 0 Å². The van der Waals surface area contributed by atoms with E-state index in [4.69, 9.17) is 17.4 Å². The molecule has 2 aromatic rings. The quantitative estimate of drug-likeness (QED) is 0.658. The summed E-state index contributed by atoms with van der Waals surface area (Å²) in [5, 5.41) is 1.90. The number of hydrogen-bond donors (Lipinski definition) is 2. The molecule has 0 radical (unpaired) electrons. The summed E-state index contributed by atoms with van der Waals surface area (Å²) in [4.78, 5) is 5.82. The topological polar surface area (TPSA) is 50.9 Å². The van der Waals surface area contributed by atoms with Gasteiger partial charge in [-0.2, -0.15) is 0 Å². The number of benzene rings is 1.